The van der Waals surface area contributed by atoms with Gasteiger partial charge < -0.3 is 15.1 Å². The van der Waals surface area contributed by atoms with Crippen molar-refractivity contribution in [2.45, 2.75) is 25.3 Å². The second-order valence-corrected chi connectivity index (χ2v) is 7.00. The van der Waals surface area contributed by atoms with E-state index in [2.05, 4.69) is 20.8 Å². The number of carbonyl (C=O) groups excluding carboxylic acids is 2. The van der Waals surface area contributed by atoms with Gasteiger partial charge in [0.2, 0.25) is 11.8 Å². The Labute approximate surface area is 157 Å². The molecule has 1 aromatic carbocycles. The Morgan fingerprint density at radius 3 is 2.81 bits per heavy atom. The Morgan fingerprint density at radius 1 is 1.22 bits per heavy atom. The van der Waals surface area contributed by atoms with Gasteiger partial charge in [-0.15, -0.1) is 5.10 Å². The molecule has 4 rings (SSSR count). The number of rotatable bonds is 4. The zero-order valence-electron chi connectivity index (χ0n) is 15.1. The van der Waals surface area contributed by atoms with Crippen LogP contribution >= 0.6 is 0 Å². The van der Waals surface area contributed by atoms with Crippen molar-refractivity contribution >= 4 is 11.8 Å². The van der Waals surface area contributed by atoms with Gasteiger partial charge in [0.05, 0.1) is 18.7 Å². The summed E-state index contributed by atoms with van der Waals surface area (Å²) in [7, 11) is 0. The monoisotopic (exact) mass is 369 g/mol. The molecular formula is C18H23N7O2. The summed E-state index contributed by atoms with van der Waals surface area (Å²) in [6.07, 6.45) is 3.80. The lowest BCUT2D eigenvalue weighted by atomic mass is 10.0. The van der Waals surface area contributed by atoms with E-state index in [0.29, 0.717) is 19.5 Å². The van der Waals surface area contributed by atoms with Gasteiger partial charge in [0.25, 0.3) is 0 Å². The molecule has 2 aliphatic rings. The van der Waals surface area contributed by atoms with Crippen molar-refractivity contribution in [3.63, 3.8) is 0 Å². The van der Waals surface area contributed by atoms with Gasteiger partial charge in [0.1, 0.15) is 6.33 Å². The lowest BCUT2D eigenvalue weighted by molar-refractivity contribution is -0.140. The summed E-state index contributed by atoms with van der Waals surface area (Å²) in [4.78, 5) is 28.7. The maximum Gasteiger partial charge on any atom is 0.236 e. The topological polar surface area (TPSA) is 96.2 Å². The summed E-state index contributed by atoms with van der Waals surface area (Å²) >= 11 is 0. The van der Waals surface area contributed by atoms with E-state index in [-0.39, 0.29) is 17.9 Å². The number of aromatic nitrogens is 4. The number of tetrazole rings is 1. The van der Waals surface area contributed by atoms with E-state index in [9.17, 15) is 9.59 Å². The number of likely N-dealkylation sites (tertiary alicyclic amines) is 1. The fourth-order valence-corrected chi connectivity index (χ4v) is 3.78. The molecule has 2 aliphatic heterocycles. The number of piperidine rings is 1. The van der Waals surface area contributed by atoms with Crippen LogP contribution in [0.3, 0.4) is 0 Å². The van der Waals surface area contributed by atoms with E-state index in [4.69, 9.17) is 0 Å². The molecule has 2 fully saturated rings. The molecule has 27 heavy (non-hydrogen) atoms. The Morgan fingerprint density at radius 2 is 2.07 bits per heavy atom. The van der Waals surface area contributed by atoms with Crippen LogP contribution < -0.4 is 5.32 Å². The minimum absolute atomic E-state index is 0.109. The van der Waals surface area contributed by atoms with E-state index in [1.165, 1.54) is 6.33 Å². The molecule has 1 unspecified atom stereocenters. The van der Waals surface area contributed by atoms with Gasteiger partial charge in [0, 0.05) is 32.2 Å². The molecule has 2 amide bonds. The summed E-state index contributed by atoms with van der Waals surface area (Å²) in [5.74, 6) is 0.246. The van der Waals surface area contributed by atoms with Crippen molar-refractivity contribution < 1.29 is 9.59 Å². The lowest BCUT2D eigenvalue weighted by Gasteiger charge is -2.41. The molecular weight excluding hydrogens is 346 g/mol. The average Bonchev–Trinajstić information content (AvgIpc) is 3.24. The highest BCUT2D eigenvalue weighted by atomic mass is 16.2. The van der Waals surface area contributed by atoms with E-state index in [0.717, 1.165) is 43.7 Å². The Kier molecular flexibility index (Phi) is 5.10. The maximum atomic E-state index is 12.8. The fraction of sp³-hybridized carbons (Fsp3) is 0.500. The van der Waals surface area contributed by atoms with Crippen LogP contribution in [0.1, 0.15) is 18.4 Å². The summed E-state index contributed by atoms with van der Waals surface area (Å²) in [5, 5.41) is 14.2. The third kappa shape index (κ3) is 3.97. The smallest absolute Gasteiger partial charge is 0.236 e. The van der Waals surface area contributed by atoms with Crippen LogP contribution in [0.25, 0.3) is 5.69 Å². The van der Waals surface area contributed by atoms with E-state index in [1.54, 1.807) is 4.68 Å². The van der Waals surface area contributed by atoms with Crippen LogP contribution in [0.5, 0.6) is 0 Å². The van der Waals surface area contributed by atoms with Gasteiger partial charge in [-0.25, -0.2) is 4.68 Å². The number of amides is 2. The Balaban J connectivity index is 1.37. The fourth-order valence-electron chi connectivity index (χ4n) is 3.78. The van der Waals surface area contributed by atoms with Crippen molar-refractivity contribution in [3.05, 3.63) is 36.2 Å². The first-order valence-electron chi connectivity index (χ1n) is 9.31. The largest absolute Gasteiger partial charge is 0.340 e. The summed E-state index contributed by atoms with van der Waals surface area (Å²) in [5.41, 5.74) is 1.81. The molecule has 142 valence electrons. The highest BCUT2D eigenvalue weighted by molar-refractivity contribution is 5.80. The number of piperazine rings is 1. The van der Waals surface area contributed by atoms with Crippen molar-refractivity contribution in [1.29, 1.82) is 0 Å². The minimum Gasteiger partial charge on any atom is -0.340 e. The minimum atomic E-state index is 0.109. The van der Waals surface area contributed by atoms with Crippen LogP contribution in [-0.4, -0.2) is 80.6 Å². The number of nitrogens with one attached hydrogen (secondary N) is 1. The molecule has 9 heteroatoms. The highest BCUT2D eigenvalue weighted by Gasteiger charge is 2.31. The Bertz CT molecular complexity index is 791. The highest BCUT2D eigenvalue weighted by Crippen LogP contribution is 2.18. The standard InChI is InChI=1S/C18H23N7O2/c26-17(10-14-3-5-15(6-4-14)25-13-20-21-22-25)23-8-1-2-16(12-23)24-9-7-19-11-18(24)27/h3-6,13,16,19H,1-2,7-12H2. The van der Waals surface area contributed by atoms with Gasteiger partial charge in [0.15, 0.2) is 0 Å². The first-order valence-corrected chi connectivity index (χ1v) is 9.31. The van der Waals surface area contributed by atoms with E-state index in [1.807, 2.05) is 34.1 Å². The number of nitrogens with zero attached hydrogens (tertiary/aromatic N) is 6. The number of carbonyl (C=O) groups is 2. The molecule has 9 nitrogen and oxygen atoms in total. The molecule has 2 saturated heterocycles. The molecule has 0 radical (unpaired) electrons. The number of hydrogen-bond donors (Lipinski definition) is 1. The third-order valence-corrected chi connectivity index (χ3v) is 5.22. The van der Waals surface area contributed by atoms with Gasteiger partial charge in [-0.05, 0) is 41.0 Å². The molecule has 2 aromatic rings. The molecule has 1 atom stereocenters. The van der Waals surface area contributed by atoms with Gasteiger partial charge in [-0.1, -0.05) is 12.1 Å². The first-order chi connectivity index (χ1) is 13.2. The average molecular weight is 369 g/mol. The molecule has 1 aromatic heterocycles. The number of benzene rings is 1. The van der Waals surface area contributed by atoms with Gasteiger partial charge in [-0.3, -0.25) is 9.59 Å². The van der Waals surface area contributed by atoms with Crippen molar-refractivity contribution in [2.75, 3.05) is 32.7 Å². The predicted molar refractivity (Wildman–Crippen MR) is 97.0 cm³/mol. The van der Waals surface area contributed by atoms with Crippen molar-refractivity contribution in [1.82, 2.24) is 35.3 Å². The lowest BCUT2D eigenvalue weighted by Crippen LogP contribution is -2.57. The van der Waals surface area contributed by atoms with Crippen LogP contribution in [0.2, 0.25) is 0 Å². The SMILES string of the molecule is O=C(Cc1ccc(-n2cnnn2)cc1)N1CCCC(N2CCNCC2=O)C1. The van der Waals surface area contributed by atoms with Gasteiger partial charge >= 0.3 is 0 Å². The second-order valence-electron chi connectivity index (χ2n) is 7.00. The maximum absolute atomic E-state index is 12.8. The molecule has 1 N–H and O–H groups in total. The van der Waals surface area contributed by atoms with Crippen molar-refractivity contribution in [3.8, 4) is 5.69 Å². The normalized spacial score (nSPS) is 20.7. The van der Waals surface area contributed by atoms with E-state index >= 15 is 0 Å². The quantitative estimate of drug-likeness (QED) is 0.790. The summed E-state index contributed by atoms with van der Waals surface area (Å²) in [6, 6.07) is 7.79. The molecule has 0 bridgehead atoms. The van der Waals surface area contributed by atoms with Crippen LogP contribution in [0.15, 0.2) is 30.6 Å². The summed E-state index contributed by atoms with van der Waals surface area (Å²) < 4.78 is 1.57. The molecule has 3 heterocycles. The van der Waals surface area contributed by atoms with Crippen LogP contribution in [0, 0.1) is 0 Å². The van der Waals surface area contributed by atoms with Crippen LogP contribution in [-0.2, 0) is 16.0 Å². The second kappa shape index (κ2) is 7.83. The molecule has 0 spiro atoms. The van der Waals surface area contributed by atoms with Crippen molar-refractivity contribution in [2.24, 2.45) is 0 Å². The Hall–Kier alpha value is -2.81. The molecule has 0 saturated carbocycles. The summed E-state index contributed by atoms with van der Waals surface area (Å²) in [6.45, 7) is 3.34. The first kappa shape index (κ1) is 17.6. The van der Waals surface area contributed by atoms with Gasteiger partial charge in [-0.2, -0.15) is 0 Å². The van der Waals surface area contributed by atoms with E-state index < -0.39 is 0 Å². The van der Waals surface area contributed by atoms with Crippen LogP contribution in [0.4, 0.5) is 0 Å². The zero-order chi connectivity index (χ0) is 18.6. The third-order valence-electron chi connectivity index (χ3n) is 5.22. The molecule has 0 aliphatic carbocycles. The zero-order valence-corrected chi connectivity index (χ0v) is 15.1. The predicted octanol–water partition coefficient (Wildman–Crippen LogP) is -0.372. The number of hydrogen-bond acceptors (Lipinski definition) is 6.